The number of amides is 2. The summed E-state index contributed by atoms with van der Waals surface area (Å²) >= 11 is 0. The van der Waals surface area contributed by atoms with E-state index in [2.05, 4.69) is 15.3 Å². The number of carbonyl (C=O) groups excluding carboxylic acids is 2. The van der Waals surface area contributed by atoms with Gasteiger partial charge in [0.25, 0.3) is 0 Å². The molecule has 4 fully saturated rings. The third-order valence-corrected chi connectivity index (χ3v) is 7.10. The fourth-order valence-corrected chi connectivity index (χ4v) is 5.42. The molecule has 1 N–H and O–H groups in total. The number of hydrogen-bond acceptors (Lipinski definition) is 6. The molecular weight excluding hydrogens is 398 g/mol. The Hall–Kier alpha value is -1.97. The SMILES string of the molecule is Cn1ccc(CN2C[C@@H](CC(=O)NC3CC3)[C@H]3[C@H](CC(=O)N4CCOCC4)OC[C@H]32)n1. The van der Waals surface area contributed by atoms with Gasteiger partial charge in [-0.1, -0.05) is 0 Å². The van der Waals surface area contributed by atoms with Gasteiger partial charge in [-0.3, -0.25) is 19.2 Å². The smallest absolute Gasteiger partial charge is 0.225 e. The lowest BCUT2D eigenvalue weighted by Crippen LogP contribution is -2.43. The van der Waals surface area contributed by atoms with Crippen LogP contribution in [0.5, 0.6) is 0 Å². The third kappa shape index (κ3) is 4.78. The van der Waals surface area contributed by atoms with Crippen molar-refractivity contribution >= 4 is 11.8 Å². The van der Waals surface area contributed by atoms with Gasteiger partial charge in [-0.25, -0.2) is 0 Å². The van der Waals surface area contributed by atoms with E-state index in [0.29, 0.717) is 51.8 Å². The minimum atomic E-state index is -0.132. The Morgan fingerprint density at radius 2 is 2.03 bits per heavy atom. The second kappa shape index (κ2) is 8.88. The van der Waals surface area contributed by atoms with Crippen molar-refractivity contribution in [1.29, 1.82) is 0 Å². The fourth-order valence-electron chi connectivity index (χ4n) is 5.42. The first kappa shape index (κ1) is 20.9. The van der Waals surface area contributed by atoms with E-state index < -0.39 is 0 Å². The number of morpholine rings is 1. The molecule has 0 radical (unpaired) electrons. The van der Waals surface area contributed by atoms with Crippen LogP contribution in [0, 0.1) is 11.8 Å². The van der Waals surface area contributed by atoms with Crippen molar-refractivity contribution in [2.24, 2.45) is 18.9 Å². The lowest BCUT2D eigenvalue weighted by molar-refractivity contribution is -0.138. The predicted molar refractivity (Wildman–Crippen MR) is 112 cm³/mol. The lowest BCUT2D eigenvalue weighted by atomic mass is 9.84. The highest BCUT2D eigenvalue weighted by Gasteiger charge is 2.51. The van der Waals surface area contributed by atoms with E-state index >= 15 is 0 Å². The zero-order valence-corrected chi connectivity index (χ0v) is 18.2. The number of hydrogen-bond donors (Lipinski definition) is 1. The molecule has 2 amide bonds. The molecule has 4 atom stereocenters. The van der Waals surface area contributed by atoms with E-state index in [1.165, 1.54) is 0 Å². The molecule has 4 heterocycles. The average molecular weight is 432 g/mol. The first-order valence-electron chi connectivity index (χ1n) is 11.6. The van der Waals surface area contributed by atoms with E-state index in [9.17, 15) is 9.59 Å². The van der Waals surface area contributed by atoms with Crippen molar-refractivity contribution in [3.63, 3.8) is 0 Å². The van der Waals surface area contributed by atoms with Crippen LogP contribution in [0.25, 0.3) is 0 Å². The maximum atomic E-state index is 12.9. The number of carbonyl (C=O) groups is 2. The summed E-state index contributed by atoms with van der Waals surface area (Å²) in [7, 11) is 1.92. The lowest BCUT2D eigenvalue weighted by Gasteiger charge is -2.29. The molecule has 0 bridgehead atoms. The largest absolute Gasteiger partial charge is 0.378 e. The van der Waals surface area contributed by atoms with Crippen LogP contribution >= 0.6 is 0 Å². The van der Waals surface area contributed by atoms with Crippen LogP contribution in [0.15, 0.2) is 12.3 Å². The van der Waals surface area contributed by atoms with Crippen molar-refractivity contribution in [3.05, 3.63) is 18.0 Å². The highest BCUT2D eigenvalue weighted by molar-refractivity contribution is 5.78. The Kier molecular flexibility index (Phi) is 5.99. The Balaban J connectivity index is 1.27. The summed E-state index contributed by atoms with van der Waals surface area (Å²) in [5.41, 5.74) is 1.03. The summed E-state index contributed by atoms with van der Waals surface area (Å²) < 4.78 is 13.4. The van der Waals surface area contributed by atoms with Gasteiger partial charge in [-0.2, -0.15) is 5.10 Å². The quantitative estimate of drug-likeness (QED) is 0.661. The van der Waals surface area contributed by atoms with Crippen LogP contribution < -0.4 is 5.32 Å². The van der Waals surface area contributed by atoms with Crippen LogP contribution in [0.3, 0.4) is 0 Å². The second-order valence-corrected chi connectivity index (χ2v) is 9.43. The molecule has 31 heavy (non-hydrogen) atoms. The zero-order chi connectivity index (χ0) is 21.4. The Bertz CT molecular complexity index is 804. The molecule has 0 unspecified atom stereocenters. The number of ether oxygens (including phenoxy) is 2. The number of fused-ring (bicyclic) bond motifs is 1. The van der Waals surface area contributed by atoms with E-state index in [1.54, 1.807) is 0 Å². The van der Waals surface area contributed by atoms with Crippen LogP contribution in [0.1, 0.15) is 31.4 Å². The molecular formula is C22H33N5O4. The highest BCUT2D eigenvalue weighted by atomic mass is 16.5. The van der Waals surface area contributed by atoms with Gasteiger partial charge in [-0.05, 0) is 24.8 Å². The number of aryl methyl sites for hydroxylation is 1. The predicted octanol–water partition coefficient (Wildman–Crippen LogP) is 0.153. The monoisotopic (exact) mass is 431 g/mol. The number of nitrogens with one attached hydrogen (secondary N) is 1. The zero-order valence-electron chi connectivity index (χ0n) is 18.2. The van der Waals surface area contributed by atoms with Gasteiger partial charge in [0.2, 0.25) is 11.8 Å². The van der Waals surface area contributed by atoms with E-state index in [0.717, 1.165) is 31.6 Å². The van der Waals surface area contributed by atoms with Gasteiger partial charge < -0.3 is 19.7 Å². The molecule has 9 nitrogen and oxygen atoms in total. The van der Waals surface area contributed by atoms with Crippen LogP contribution in [0.4, 0.5) is 0 Å². The molecule has 1 aromatic rings. The van der Waals surface area contributed by atoms with Crippen LogP contribution in [0.2, 0.25) is 0 Å². The second-order valence-electron chi connectivity index (χ2n) is 9.43. The Morgan fingerprint density at radius 1 is 1.23 bits per heavy atom. The van der Waals surface area contributed by atoms with Crippen molar-refractivity contribution in [2.45, 2.75) is 50.4 Å². The summed E-state index contributed by atoms with van der Waals surface area (Å²) in [6.07, 6.45) is 4.90. The molecule has 0 spiro atoms. The van der Waals surface area contributed by atoms with Gasteiger partial charge in [0.1, 0.15) is 0 Å². The van der Waals surface area contributed by atoms with E-state index in [1.807, 2.05) is 28.9 Å². The Morgan fingerprint density at radius 3 is 2.74 bits per heavy atom. The summed E-state index contributed by atoms with van der Waals surface area (Å²) in [6, 6.07) is 2.63. The number of nitrogens with zero attached hydrogens (tertiary/aromatic N) is 4. The normalized spacial score (nSPS) is 31.1. The Labute approximate surface area is 183 Å². The van der Waals surface area contributed by atoms with Crippen molar-refractivity contribution in [1.82, 2.24) is 24.9 Å². The average Bonchev–Trinajstić information content (AvgIpc) is 3.16. The number of likely N-dealkylation sites (tertiary alicyclic amines) is 1. The van der Waals surface area contributed by atoms with E-state index in [4.69, 9.17) is 9.47 Å². The molecule has 1 aliphatic carbocycles. The van der Waals surface area contributed by atoms with Crippen molar-refractivity contribution in [3.8, 4) is 0 Å². The third-order valence-electron chi connectivity index (χ3n) is 7.10. The van der Waals surface area contributed by atoms with Crippen LogP contribution in [-0.2, 0) is 32.7 Å². The molecule has 4 aliphatic rings. The fraction of sp³-hybridized carbons (Fsp3) is 0.773. The van der Waals surface area contributed by atoms with Gasteiger partial charge in [0.15, 0.2) is 0 Å². The summed E-state index contributed by atoms with van der Waals surface area (Å²) in [5, 5.41) is 7.67. The van der Waals surface area contributed by atoms with E-state index in [-0.39, 0.29) is 35.8 Å². The summed E-state index contributed by atoms with van der Waals surface area (Å²) in [6.45, 7) is 4.71. The highest BCUT2D eigenvalue weighted by Crippen LogP contribution is 2.42. The van der Waals surface area contributed by atoms with Gasteiger partial charge >= 0.3 is 0 Å². The molecule has 1 aromatic heterocycles. The van der Waals surface area contributed by atoms with Gasteiger partial charge in [0, 0.05) is 63.8 Å². The number of aromatic nitrogens is 2. The van der Waals surface area contributed by atoms with Crippen molar-refractivity contribution < 1.29 is 19.1 Å². The minimum absolute atomic E-state index is 0.132. The van der Waals surface area contributed by atoms with Crippen molar-refractivity contribution in [2.75, 3.05) is 39.5 Å². The summed E-state index contributed by atoms with van der Waals surface area (Å²) in [4.78, 5) is 29.8. The first-order valence-corrected chi connectivity index (χ1v) is 11.6. The summed E-state index contributed by atoms with van der Waals surface area (Å²) in [5.74, 6) is 0.658. The molecule has 9 heteroatoms. The molecule has 0 aromatic carbocycles. The minimum Gasteiger partial charge on any atom is -0.378 e. The van der Waals surface area contributed by atoms with Crippen LogP contribution in [-0.4, -0.2) is 89.0 Å². The molecule has 3 aliphatic heterocycles. The van der Waals surface area contributed by atoms with Gasteiger partial charge in [0.05, 0.1) is 38.0 Å². The standard InChI is InChI=1S/C22H33N5O4/c1-25-5-4-17(24-25)13-27-12-15(10-20(28)23-16-2-3-16)22-18(27)14-31-19(22)11-21(29)26-6-8-30-9-7-26/h4-5,15-16,18-19,22H,2-3,6-14H2,1H3,(H,23,28)/t15-,18-,19+,22-/m1/s1. The molecule has 3 saturated heterocycles. The number of rotatable bonds is 7. The molecule has 170 valence electrons. The molecule has 1 saturated carbocycles. The van der Waals surface area contributed by atoms with Gasteiger partial charge in [-0.15, -0.1) is 0 Å². The maximum absolute atomic E-state index is 12.9. The topological polar surface area (TPSA) is 88.9 Å². The molecule has 5 rings (SSSR count). The maximum Gasteiger partial charge on any atom is 0.225 e. The first-order chi connectivity index (χ1) is 15.1.